The van der Waals surface area contributed by atoms with Gasteiger partial charge in [-0.15, -0.1) is 0 Å². The van der Waals surface area contributed by atoms with Gasteiger partial charge in [0, 0.05) is 85.6 Å². The van der Waals surface area contributed by atoms with Crippen molar-refractivity contribution in [2.24, 2.45) is 29.2 Å². The SMILES string of the molecule is CC[C@H](CC(C)C)C(=O)N[C@H]1C(=O)C[C@@H](CC(=O)NC(=O)Nc2ccc(OCCNC)cc2OCCNC)C(=O)N[C@H]2C(=O)C[C@H]3C(=O)N[C@H](C(=O)N[C@H](C(=O)O)c4cc(O)cc(O)c4-c4cc3ccc4O)[C@H](O)c3ccc(c(Cl)c3)Oc3cc2cc(c3O[C@@H]2O[C@H](CN)[C@@H](O)[C@H](O)[C@H]2O[C@H]2C[C@](C)(N)[C@H](O)[C@H](C)O2)Oc2ccc(cc2Cl)[C@H]1O. The van der Waals surface area contributed by atoms with Gasteiger partial charge in [-0.05, 0) is 136 Å². The molecule has 2 fully saturated rings. The number of nitrogens with one attached hydrogen (secondary N) is 8. The van der Waals surface area contributed by atoms with Crippen molar-refractivity contribution < 1.29 is 127 Å². The molecule has 6 aromatic rings. The molecule has 13 rings (SSSR count). The number of aliphatic hydroxyl groups excluding tert-OH is 5. The lowest BCUT2D eigenvalue weighted by Gasteiger charge is -2.47. The number of amides is 7. The second kappa shape index (κ2) is 38.9. The fraction of sp³-hybridized carbons (Fsp3) is 0.451. The maximum Gasteiger partial charge on any atom is 0.330 e. The van der Waals surface area contributed by atoms with Crippen LogP contribution in [-0.4, -0.2) is 213 Å². The number of carbonyl (C=O) groups excluding carboxylic acids is 8. The Morgan fingerprint density at radius 2 is 1.36 bits per heavy atom. The van der Waals surface area contributed by atoms with Gasteiger partial charge in [-0.1, -0.05) is 62.2 Å². The van der Waals surface area contributed by atoms with Gasteiger partial charge in [0.1, 0.15) is 102 Å². The Bertz CT molecular complexity index is 4850. The van der Waals surface area contributed by atoms with Crippen LogP contribution < -0.4 is 77.7 Å². The maximum atomic E-state index is 16.6. The van der Waals surface area contributed by atoms with Crippen LogP contribution in [0.4, 0.5) is 10.5 Å². The fourth-order valence-electron chi connectivity index (χ4n) is 14.9. The molecule has 7 heterocycles. The minimum absolute atomic E-state index is 0.0312. The number of phenolic OH excluding ortho intramolecular Hbond substituents is 3. The molecule has 21 N–H and O–H groups in total. The van der Waals surface area contributed by atoms with Crippen LogP contribution in [-0.2, 0) is 52.6 Å². The van der Waals surface area contributed by atoms with Gasteiger partial charge in [0.25, 0.3) is 0 Å². The number of phenols is 3. The molecule has 7 aliphatic heterocycles. The van der Waals surface area contributed by atoms with Crippen LogP contribution in [0.25, 0.3) is 11.1 Å². The number of carbonyl (C=O) groups is 9. The van der Waals surface area contributed by atoms with E-state index >= 15 is 24.0 Å². The number of nitrogens with two attached hydrogens (primary N) is 2. The van der Waals surface area contributed by atoms with E-state index in [2.05, 4.69) is 42.5 Å². The maximum absolute atomic E-state index is 16.6. The number of hydrogen-bond donors (Lipinski definition) is 19. The topological polar surface area (TPSA) is 558 Å². The molecule has 38 heteroatoms. The molecule has 0 spiro atoms. The van der Waals surface area contributed by atoms with E-state index in [1.165, 1.54) is 56.3 Å². The number of urea groups is 1. The number of aliphatic carboxylic acids is 1. The summed E-state index contributed by atoms with van der Waals surface area (Å²) in [6, 6.07) is 8.54. The third-order valence-corrected chi connectivity index (χ3v) is 21.9. The first-order valence-electron chi connectivity index (χ1n) is 38.8. The zero-order valence-electron chi connectivity index (χ0n) is 66.3. The number of ketones is 2. The second-order valence-corrected chi connectivity index (χ2v) is 31.5. The highest BCUT2D eigenvalue weighted by Gasteiger charge is 2.52. The Balaban J connectivity index is 1.14. The number of ether oxygens (including phenoxy) is 8. The summed E-state index contributed by atoms with van der Waals surface area (Å²) >= 11 is 14.4. The highest BCUT2D eigenvalue weighted by Crippen LogP contribution is 2.51. The molecule has 18 atom stereocenters. The number of hydrogen-bond acceptors (Lipinski definition) is 29. The Morgan fingerprint density at radius 3 is 1.98 bits per heavy atom. The molecule has 0 saturated carbocycles. The quantitative estimate of drug-likeness (QED) is 0.0415. The van der Waals surface area contributed by atoms with E-state index in [1.54, 1.807) is 21.0 Å². The van der Waals surface area contributed by atoms with Gasteiger partial charge < -0.3 is 133 Å². The molecule has 120 heavy (non-hydrogen) atoms. The number of likely N-dealkylation sites (N-methyl/N-ethyl adjacent to an activating group) is 2. The molecule has 0 aromatic heterocycles. The van der Waals surface area contributed by atoms with E-state index in [1.807, 2.05) is 13.8 Å². The van der Waals surface area contributed by atoms with E-state index in [4.69, 9.17) is 72.6 Å². The summed E-state index contributed by atoms with van der Waals surface area (Å²) in [5.74, 6) is -19.5. The van der Waals surface area contributed by atoms with Crippen LogP contribution in [0, 0.1) is 17.8 Å². The van der Waals surface area contributed by atoms with Crippen molar-refractivity contribution >= 4 is 82.0 Å². The average molecular weight is 1710 g/mol. The molecule has 0 aliphatic carbocycles. The summed E-state index contributed by atoms with van der Waals surface area (Å²) in [5.41, 5.74) is 8.78. The van der Waals surface area contributed by atoms with Crippen LogP contribution in [0.1, 0.15) is 131 Å². The van der Waals surface area contributed by atoms with Crippen molar-refractivity contribution in [2.45, 2.75) is 170 Å². The number of imide groups is 1. The first kappa shape index (κ1) is 90.2. The van der Waals surface area contributed by atoms with Crippen LogP contribution in [0.15, 0.2) is 97.1 Å². The lowest BCUT2D eigenvalue weighted by Crippen LogP contribution is -2.65. The third kappa shape index (κ3) is 20.7. The molecule has 646 valence electrons. The molecule has 6 aromatic carbocycles. The number of anilines is 1. The van der Waals surface area contributed by atoms with Crippen molar-refractivity contribution in [2.75, 3.05) is 52.3 Å². The van der Waals surface area contributed by atoms with E-state index in [0.29, 0.717) is 25.3 Å². The van der Waals surface area contributed by atoms with Crippen molar-refractivity contribution in [3.63, 3.8) is 0 Å². The van der Waals surface area contributed by atoms with Gasteiger partial charge in [0.05, 0.1) is 39.8 Å². The highest BCUT2D eigenvalue weighted by atomic mass is 35.5. The number of aromatic hydroxyl groups is 3. The fourth-order valence-corrected chi connectivity index (χ4v) is 15.4. The molecule has 11 bridgehead atoms. The number of fused-ring (bicyclic) bond motifs is 15. The Morgan fingerprint density at radius 1 is 0.708 bits per heavy atom. The predicted octanol–water partition coefficient (Wildman–Crippen LogP) is 4.55. The monoisotopic (exact) mass is 1710 g/mol. The first-order valence-corrected chi connectivity index (χ1v) is 39.6. The molecule has 7 amide bonds. The number of carboxylic acid groups (broad SMARTS) is 1. The normalized spacial score (nSPS) is 26.6. The van der Waals surface area contributed by atoms with Crippen LogP contribution >= 0.6 is 23.2 Å². The van der Waals surface area contributed by atoms with Crippen LogP contribution in [0.5, 0.6) is 57.5 Å². The number of aliphatic hydroxyl groups is 5. The smallest absolute Gasteiger partial charge is 0.330 e. The minimum atomic E-state index is -2.29. The van der Waals surface area contributed by atoms with E-state index < -0.39 is 250 Å². The Labute approximate surface area is 698 Å². The van der Waals surface area contributed by atoms with Gasteiger partial charge in [0.15, 0.2) is 41.5 Å². The molecular weight excluding hydrogens is 1610 g/mol. The zero-order chi connectivity index (χ0) is 87.0. The standard InChI is InChI=1S/C82H98Cl2N10O26/c1-8-37(21-35(2)3)75(106)93-66-53(98)25-42(28-61(100)90-81(112)89-50-13-12-44(113-19-17-87-6)31-57(50)114-20-18-88-7)76(107)91-64-41-26-58(116-55-15-10-39(68(66)101)23-48(55)83)72(120-80-73(71(104)70(103)60(34-85)118-80)119-62-33-82(5,86)74(105)36(4)115-62)59(27-41)117-56-16-11-40(24-49(56)84)69(102)67-78(109)92-65(79(110)111)47-29-43(95)30-52(97)63(47)46-22-38(9-14-51(46)96)45(32-54(64)99)77(108)94-67/h9-16,22-24,26-27,29-31,35-37,42,45,60,62,64-71,73-74,80,87-88,95-97,101-105H,8,17-21,25,28,32-34,85-86H2,1-7H3,(H,91,107)(H,92,109)(H,93,106)(H,94,108)(H,110,111)(H2,89,90,100,112)/t36-,37+,42-,45+,60+,62-,64+,65-,66-,67-,68+,69+,70+,71-,73+,74+,80-,82-/m0/s1. The lowest BCUT2D eigenvalue weighted by atomic mass is 9.84. The molecule has 7 aliphatic rings. The van der Waals surface area contributed by atoms with Gasteiger partial charge in [-0.2, -0.15) is 0 Å². The van der Waals surface area contributed by atoms with Gasteiger partial charge in [-0.25, -0.2) is 9.59 Å². The molecule has 36 nitrogen and oxygen atoms in total. The molecular formula is C82H98Cl2N10O26. The van der Waals surface area contributed by atoms with Gasteiger partial charge in [0.2, 0.25) is 41.6 Å². The van der Waals surface area contributed by atoms with Gasteiger partial charge >= 0.3 is 12.0 Å². The van der Waals surface area contributed by atoms with Crippen molar-refractivity contribution in [1.29, 1.82) is 0 Å². The third-order valence-electron chi connectivity index (χ3n) is 21.3. The van der Waals surface area contributed by atoms with E-state index in [-0.39, 0.29) is 76.6 Å². The largest absolute Gasteiger partial charge is 0.508 e. The molecule has 0 radical (unpaired) electrons. The van der Waals surface area contributed by atoms with Crippen molar-refractivity contribution in [3.05, 3.63) is 135 Å². The first-order chi connectivity index (χ1) is 57.0. The Kier molecular flexibility index (Phi) is 29.2. The Hall–Kier alpha value is -10.6. The summed E-state index contributed by atoms with van der Waals surface area (Å²) in [7, 11) is 3.41. The zero-order valence-corrected chi connectivity index (χ0v) is 67.8. The van der Waals surface area contributed by atoms with E-state index in [0.717, 1.165) is 54.6 Å². The number of halogens is 2. The molecule has 2 saturated heterocycles. The van der Waals surface area contributed by atoms with Crippen LogP contribution in [0.2, 0.25) is 10.0 Å². The summed E-state index contributed by atoms with van der Waals surface area (Å²) in [4.78, 5) is 136. The second-order valence-electron chi connectivity index (χ2n) is 30.7. The summed E-state index contributed by atoms with van der Waals surface area (Å²) in [5, 5.41) is 125. The highest BCUT2D eigenvalue weighted by molar-refractivity contribution is 6.32. The van der Waals surface area contributed by atoms with Crippen molar-refractivity contribution in [1.82, 2.24) is 37.2 Å². The number of benzene rings is 6. The summed E-state index contributed by atoms with van der Waals surface area (Å²) < 4.78 is 51.0. The summed E-state index contributed by atoms with van der Waals surface area (Å²) in [6.45, 7) is 9.15. The summed E-state index contributed by atoms with van der Waals surface area (Å²) in [6.07, 6.45) is -20.1. The average Bonchev–Trinajstić information content (AvgIpc) is 0.765. The molecule has 0 unspecified atom stereocenters. The number of rotatable bonds is 22. The number of carboxylic acids is 1. The van der Waals surface area contributed by atoms with E-state index in [9.17, 15) is 65.1 Å². The van der Waals surface area contributed by atoms with Crippen LogP contribution in [0.3, 0.4) is 0 Å². The lowest BCUT2D eigenvalue weighted by molar-refractivity contribution is -0.330. The van der Waals surface area contributed by atoms with Gasteiger partial charge in [-0.3, -0.25) is 38.9 Å². The minimum Gasteiger partial charge on any atom is -0.508 e. The number of Topliss-reactive ketones (excluding diaryl/α,β-unsaturated/α-hetero) is 2. The van der Waals surface area contributed by atoms with Crippen molar-refractivity contribution in [3.8, 4) is 68.6 Å². The predicted molar refractivity (Wildman–Crippen MR) is 428 cm³/mol.